The van der Waals surface area contributed by atoms with Gasteiger partial charge in [-0.3, -0.25) is 24.2 Å². The summed E-state index contributed by atoms with van der Waals surface area (Å²) >= 11 is 0. The van der Waals surface area contributed by atoms with Crippen LogP contribution in [0, 0.1) is 0 Å². The van der Waals surface area contributed by atoms with Gasteiger partial charge in [-0.1, -0.05) is 30.3 Å². The Kier molecular flexibility index (Phi) is 13.2. The van der Waals surface area contributed by atoms with Gasteiger partial charge in [-0.15, -0.1) is 0 Å². The van der Waals surface area contributed by atoms with E-state index >= 15 is 0 Å². The summed E-state index contributed by atoms with van der Waals surface area (Å²) in [5.74, 6) is -5.92. The summed E-state index contributed by atoms with van der Waals surface area (Å²) < 4.78 is 0. The highest BCUT2D eigenvalue weighted by molar-refractivity contribution is 5.95. The average Bonchev–Trinajstić information content (AvgIpc) is 2.83. The molecule has 0 spiro atoms. The lowest BCUT2D eigenvalue weighted by molar-refractivity contribution is -0.148. The standard InChI is InChI=1S/C23H35N7O8/c1-12(31)18(21(36)29-16(22(37)38)11-17(32)33)30-20(35)15(8-5-9-27-23(25)26)28-19(34)14(24)10-13-6-3-2-4-7-13/h2-4,6-7,12,14-16,18,31H,5,8-11,24H2,1H3,(H,28,34)(H,29,36)(H,30,35)(H,32,33)(H,37,38)(H4,25,26,27). The maximum absolute atomic E-state index is 13.1. The zero-order valence-corrected chi connectivity index (χ0v) is 20.9. The molecular formula is C23H35N7O8. The number of rotatable bonds is 16. The van der Waals surface area contributed by atoms with E-state index in [2.05, 4.69) is 15.6 Å². The number of hydrogen-bond donors (Lipinski definition) is 9. The van der Waals surface area contributed by atoms with E-state index in [1.165, 1.54) is 6.92 Å². The van der Waals surface area contributed by atoms with Gasteiger partial charge in [0.05, 0.1) is 18.6 Å². The second-order valence-electron chi connectivity index (χ2n) is 8.53. The molecule has 5 atom stereocenters. The van der Waals surface area contributed by atoms with Crippen molar-refractivity contribution in [1.82, 2.24) is 16.0 Å². The summed E-state index contributed by atoms with van der Waals surface area (Å²) in [4.78, 5) is 64.4. The monoisotopic (exact) mass is 537 g/mol. The Morgan fingerprint density at radius 2 is 1.53 bits per heavy atom. The van der Waals surface area contributed by atoms with E-state index in [0.717, 1.165) is 5.56 Å². The summed E-state index contributed by atoms with van der Waals surface area (Å²) in [6, 6.07) is 3.26. The maximum Gasteiger partial charge on any atom is 0.326 e. The van der Waals surface area contributed by atoms with Crippen LogP contribution in [0.5, 0.6) is 0 Å². The van der Waals surface area contributed by atoms with Crippen molar-refractivity contribution in [3.05, 3.63) is 35.9 Å². The molecule has 0 aliphatic rings. The van der Waals surface area contributed by atoms with Crippen LogP contribution in [0.2, 0.25) is 0 Å². The van der Waals surface area contributed by atoms with Crippen molar-refractivity contribution >= 4 is 35.6 Å². The van der Waals surface area contributed by atoms with Crippen molar-refractivity contribution in [1.29, 1.82) is 0 Å². The van der Waals surface area contributed by atoms with Crippen molar-refractivity contribution in [2.75, 3.05) is 6.54 Å². The van der Waals surface area contributed by atoms with Crippen LogP contribution in [-0.2, 0) is 30.4 Å². The highest BCUT2D eigenvalue weighted by atomic mass is 16.4. The molecule has 1 aromatic carbocycles. The number of nitrogens with two attached hydrogens (primary N) is 3. The maximum atomic E-state index is 13.1. The third-order valence-electron chi connectivity index (χ3n) is 5.27. The fourth-order valence-corrected chi connectivity index (χ4v) is 3.31. The van der Waals surface area contributed by atoms with Crippen molar-refractivity contribution < 1.29 is 39.3 Å². The lowest BCUT2D eigenvalue weighted by atomic mass is 10.0. The lowest BCUT2D eigenvalue weighted by Gasteiger charge is -2.26. The summed E-state index contributed by atoms with van der Waals surface area (Å²) in [6.07, 6.45) is -1.97. The smallest absolute Gasteiger partial charge is 0.326 e. The highest BCUT2D eigenvalue weighted by Gasteiger charge is 2.33. The van der Waals surface area contributed by atoms with Gasteiger partial charge in [0.2, 0.25) is 17.7 Å². The second-order valence-corrected chi connectivity index (χ2v) is 8.53. The predicted octanol–water partition coefficient (Wildman–Crippen LogP) is -3.00. The Balaban J connectivity index is 3.00. The molecule has 0 aliphatic carbocycles. The van der Waals surface area contributed by atoms with Gasteiger partial charge in [0.15, 0.2) is 5.96 Å². The number of guanidine groups is 1. The number of carboxylic acid groups (broad SMARTS) is 2. The van der Waals surface area contributed by atoms with Crippen molar-refractivity contribution in [2.45, 2.75) is 62.9 Å². The van der Waals surface area contributed by atoms with E-state index in [9.17, 15) is 29.1 Å². The summed E-state index contributed by atoms with van der Waals surface area (Å²) in [7, 11) is 0. The quantitative estimate of drug-likeness (QED) is 0.0582. The van der Waals surface area contributed by atoms with Crippen LogP contribution in [0.15, 0.2) is 35.3 Å². The van der Waals surface area contributed by atoms with Crippen LogP contribution in [0.4, 0.5) is 0 Å². The van der Waals surface area contributed by atoms with E-state index in [4.69, 9.17) is 27.4 Å². The van der Waals surface area contributed by atoms with Gasteiger partial charge in [-0.2, -0.15) is 0 Å². The Morgan fingerprint density at radius 1 is 0.921 bits per heavy atom. The molecule has 0 bridgehead atoms. The molecule has 12 N–H and O–H groups in total. The SMILES string of the molecule is CC(O)C(NC(=O)C(CCCN=C(N)N)NC(=O)C(N)Cc1ccccc1)C(=O)NC(CC(=O)O)C(=O)O. The van der Waals surface area contributed by atoms with Crippen molar-refractivity contribution in [3.63, 3.8) is 0 Å². The molecule has 1 rings (SSSR count). The minimum absolute atomic E-state index is 0.0251. The number of hydrogen-bond acceptors (Lipinski definition) is 8. The van der Waals surface area contributed by atoms with E-state index in [0.29, 0.717) is 0 Å². The number of nitrogens with one attached hydrogen (secondary N) is 3. The Hall–Kier alpha value is -4.24. The molecule has 210 valence electrons. The summed E-state index contributed by atoms with van der Waals surface area (Å²) in [5.41, 5.74) is 17.4. The van der Waals surface area contributed by atoms with Crippen LogP contribution in [0.25, 0.3) is 0 Å². The second kappa shape index (κ2) is 15.8. The minimum atomic E-state index is -1.80. The molecule has 0 saturated heterocycles. The predicted molar refractivity (Wildman–Crippen MR) is 135 cm³/mol. The topological polar surface area (TPSA) is 273 Å². The molecule has 0 aliphatic heterocycles. The molecule has 3 amide bonds. The van der Waals surface area contributed by atoms with Crippen LogP contribution in [-0.4, -0.2) is 87.8 Å². The number of aliphatic imine (C=N–C) groups is 1. The number of aliphatic carboxylic acids is 2. The number of aliphatic hydroxyl groups excluding tert-OH is 1. The van der Waals surface area contributed by atoms with Crippen LogP contribution in [0.3, 0.4) is 0 Å². The largest absolute Gasteiger partial charge is 0.481 e. The molecule has 15 nitrogen and oxygen atoms in total. The molecule has 0 heterocycles. The first-order valence-corrected chi connectivity index (χ1v) is 11.7. The fraction of sp³-hybridized carbons (Fsp3) is 0.478. The molecule has 38 heavy (non-hydrogen) atoms. The number of aliphatic hydroxyl groups is 1. The van der Waals surface area contributed by atoms with Crippen LogP contribution >= 0.6 is 0 Å². The molecule has 1 aromatic rings. The molecule has 0 aromatic heterocycles. The fourth-order valence-electron chi connectivity index (χ4n) is 3.31. The first kappa shape index (κ1) is 31.8. The molecule has 15 heteroatoms. The van der Waals surface area contributed by atoms with Gasteiger partial charge in [-0.25, -0.2) is 4.79 Å². The third-order valence-corrected chi connectivity index (χ3v) is 5.27. The molecule has 0 radical (unpaired) electrons. The number of benzene rings is 1. The number of carbonyl (C=O) groups excluding carboxylic acids is 3. The number of carboxylic acids is 2. The molecule has 5 unspecified atom stereocenters. The average molecular weight is 538 g/mol. The van der Waals surface area contributed by atoms with Gasteiger partial charge < -0.3 is 48.5 Å². The van der Waals surface area contributed by atoms with Crippen molar-refractivity contribution in [3.8, 4) is 0 Å². The summed E-state index contributed by atoms with van der Waals surface area (Å²) in [6.45, 7) is 1.30. The first-order chi connectivity index (χ1) is 17.8. The zero-order valence-electron chi connectivity index (χ0n) is 20.9. The lowest BCUT2D eigenvalue weighted by Crippen LogP contribution is -2.60. The van der Waals surface area contributed by atoms with Crippen LogP contribution in [0.1, 0.15) is 31.7 Å². The van der Waals surface area contributed by atoms with Gasteiger partial charge in [0.25, 0.3) is 0 Å². The van der Waals surface area contributed by atoms with Gasteiger partial charge >= 0.3 is 11.9 Å². The summed E-state index contributed by atoms with van der Waals surface area (Å²) in [5, 5.41) is 34.9. The van der Waals surface area contributed by atoms with E-state index in [-0.39, 0.29) is 31.8 Å². The van der Waals surface area contributed by atoms with Crippen molar-refractivity contribution in [2.24, 2.45) is 22.2 Å². The Labute approximate surface area is 218 Å². The third kappa shape index (κ3) is 11.7. The highest BCUT2D eigenvalue weighted by Crippen LogP contribution is 2.06. The van der Waals surface area contributed by atoms with Gasteiger partial charge in [0.1, 0.15) is 18.1 Å². The number of nitrogens with zero attached hydrogens (tertiary/aromatic N) is 1. The normalized spacial score (nSPS) is 14.6. The van der Waals surface area contributed by atoms with E-state index in [1.54, 1.807) is 30.3 Å². The Bertz CT molecular complexity index is 999. The zero-order chi connectivity index (χ0) is 28.8. The van der Waals surface area contributed by atoms with E-state index < -0.39 is 66.4 Å². The first-order valence-electron chi connectivity index (χ1n) is 11.7. The van der Waals surface area contributed by atoms with Crippen LogP contribution < -0.4 is 33.2 Å². The molecule has 0 saturated carbocycles. The number of amides is 3. The number of carbonyl (C=O) groups is 5. The Morgan fingerprint density at radius 3 is 2.05 bits per heavy atom. The van der Waals surface area contributed by atoms with E-state index in [1.807, 2.05) is 5.32 Å². The van der Waals surface area contributed by atoms with Gasteiger partial charge in [0, 0.05) is 6.54 Å². The molecule has 0 fully saturated rings. The minimum Gasteiger partial charge on any atom is -0.481 e. The molecular weight excluding hydrogens is 502 g/mol. The van der Waals surface area contributed by atoms with Gasteiger partial charge in [-0.05, 0) is 31.7 Å².